The maximum atomic E-state index is 14.6. The summed E-state index contributed by atoms with van der Waals surface area (Å²) in [5, 5.41) is 6.39. The Morgan fingerprint density at radius 1 is 1.17 bits per heavy atom. The number of carbonyl (C=O) groups excluding carboxylic acids is 4. The molecule has 0 saturated carbocycles. The van der Waals surface area contributed by atoms with E-state index in [0.29, 0.717) is 30.3 Å². The molecule has 0 aliphatic carbocycles. The van der Waals surface area contributed by atoms with Gasteiger partial charge in [-0.05, 0) is 98.7 Å². The number of likely N-dealkylation sites (tertiary alicyclic amines) is 1. The number of methoxy groups -OCH3 is 1. The van der Waals surface area contributed by atoms with Crippen molar-refractivity contribution in [2.24, 2.45) is 17.3 Å². The van der Waals surface area contributed by atoms with Gasteiger partial charge in [-0.15, -0.1) is 0 Å². The monoisotopic (exact) mass is 878 g/mol. The molecule has 6 heterocycles. The molecule has 2 fully saturated rings. The number of allylic oxidation sites excluding steroid dienone is 1. The smallest absolute Gasteiger partial charge is 0.259 e. The third-order valence-corrected chi connectivity index (χ3v) is 13.5. The normalized spacial score (nSPS) is 21.8. The first kappa shape index (κ1) is 45.7. The minimum Gasteiger partial charge on any atom is -0.375 e. The van der Waals surface area contributed by atoms with Crippen LogP contribution in [0.25, 0.3) is 33.5 Å². The second kappa shape index (κ2) is 19.2. The summed E-state index contributed by atoms with van der Waals surface area (Å²) in [6, 6.07) is 4.40. The van der Waals surface area contributed by atoms with Gasteiger partial charge in [-0.2, -0.15) is 4.37 Å². The molecule has 0 radical (unpaired) electrons. The van der Waals surface area contributed by atoms with Crippen LogP contribution in [0.15, 0.2) is 55.5 Å². The van der Waals surface area contributed by atoms with Crippen LogP contribution in [0.4, 0.5) is 0 Å². The number of amides is 4. The van der Waals surface area contributed by atoms with Crippen LogP contribution in [0.2, 0.25) is 0 Å². The van der Waals surface area contributed by atoms with Crippen molar-refractivity contribution in [1.29, 1.82) is 0 Å². The van der Waals surface area contributed by atoms with E-state index in [1.54, 1.807) is 30.4 Å². The first-order valence-corrected chi connectivity index (χ1v) is 23.0. The fourth-order valence-electron chi connectivity index (χ4n) is 9.47. The Bertz CT molecular complexity index is 2390. The quantitative estimate of drug-likeness (QED) is 0.144. The number of rotatable bonds is 10. The number of ether oxygens (including phenoxy) is 1. The molecule has 4 amide bonds. The van der Waals surface area contributed by atoms with Gasteiger partial charge in [0, 0.05) is 81.0 Å². The molecule has 0 unspecified atom stereocenters. The van der Waals surface area contributed by atoms with E-state index < -0.39 is 23.9 Å². The molecule has 2 saturated heterocycles. The number of hydrogen-bond acceptors (Lipinski definition) is 11. The highest BCUT2D eigenvalue weighted by Gasteiger charge is 2.39. The van der Waals surface area contributed by atoms with Crippen LogP contribution in [0.3, 0.4) is 0 Å². The molecule has 16 heteroatoms. The Morgan fingerprint density at radius 2 is 1.97 bits per heavy atom. The number of nitrogens with zero attached hydrogens (tertiary/aromatic N) is 8. The highest BCUT2D eigenvalue weighted by atomic mass is 32.1. The van der Waals surface area contributed by atoms with Crippen LogP contribution in [-0.2, 0) is 43.3 Å². The zero-order chi connectivity index (χ0) is 45.2. The molecule has 7 rings (SSSR count). The van der Waals surface area contributed by atoms with Gasteiger partial charge in [-0.3, -0.25) is 24.2 Å². The average Bonchev–Trinajstić information content (AvgIpc) is 4.03. The first-order valence-electron chi connectivity index (χ1n) is 22.2. The summed E-state index contributed by atoms with van der Waals surface area (Å²) < 4.78 is 13.0. The van der Waals surface area contributed by atoms with Gasteiger partial charge in [0.05, 0.1) is 23.4 Å². The van der Waals surface area contributed by atoms with Gasteiger partial charge >= 0.3 is 0 Å². The summed E-state index contributed by atoms with van der Waals surface area (Å²) in [4.78, 5) is 72.4. The fraction of sp³-hybridized carbons (Fsp3) is 0.532. The topological polar surface area (TPSA) is 168 Å². The lowest BCUT2D eigenvalue weighted by Gasteiger charge is -2.36. The van der Waals surface area contributed by atoms with Crippen molar-refractivity contribution in [2.45, 2.75) is 111 Å². The van der Waals surface area contributed by atoms with Crippen molar-refractivity contribution in [2.75, 3.05) is 33.8 Å². The zero-order valence-corrected chi connectivity index (χ0v) is 38.7. The van der Waals surface area contributed by atoms with Crippen molar-refractivity contribution >= 4 is 46.1 Å². The molecule has 3 aliphatic rings. The Hall–Kier alpha value is -5.32. The van der Waals surface area contributed by atoms with Crippen molar-refractivity contribution in [3.63, 3.8) is 0 Å². The van der Waals surface area contributed by atoms with Crippen molar-refractivity contribution in [3.05, 3.63) is 71.8 Å². The van der Waals surface area contributed by atoms with Crippen LogP contribution in [0.1, 0.15) is 89.6 Å². The van der Waals surface area contributed by atoms with E-state index in [1.165, 1.54) is 28.1 Å². The van der Waals surface area contributed by atoms with Crippen LogP contribution >= 0.6 is 11.5 Å². The molecule has 6 bridgehead atoms. The van der Waals surface area contributed by atoms with Crippen molar-refractivity contribution in [3.8, 4) is 22.6 Å². The number of likely N-dealkylation sites (N-methyl/N-ethyl adjacent to an activating group) is 1. The Kier molecular flexibility index (Phi) is 13.9. The standard InChI is InChI=1S/C47H62N10O5S/c1-10-39(58)55-21-18-31(26-55)45(60)54(8)41(28(3)4)44(59)50-36-23-38-51-43(53-63-38)30-16-17-37-33(22-30)34(42(56(37)11-2)35-25-48-27-49-40(35)29(5)62-9)24-47(6,7)19-12-14-32-15-13-20-57(52-32)46(36)61/h10,12,14,16-17,22,25,27-29,31-32,36,41,52H,1,11,13,15,18-21,23-24,26H2,2-9H3,(H,50,59)/b14-12+/t29-,31-,32+,36-,41-/m0/s1. The number of aromatic nitrogens is 5. The number of hydrogen-bond donors (Lipinski definition) is 2. The molecule has 63 heavy (non-hydrogen) atoms. The number of carbonyl (C=O) groups is 4. The number of hydrazine groups is 1. The second-order valence-corrected chi connectivity index (χ2v) is 19.1. The van der Waals surface area contributed by atoms with Crippen LogP contribution < -0.4 is 10.7 Å². The molecule has 4 aromatic rings. The lowest BCUT2D eigenvalue weighted by atomic mass is 9.80. The Labute approximate surface area is 374 Å². The third kappa shape index (κ3) is 9.63. The van der Waals surface area contributed by atoms with E-state index in [0.717, 1.165) is 65.6 Å². The number of fused-ring (bicyclic) bond motifs is 6. The van der Waals surface area contributed by atoms with Gasteiger partial charge in [0.25, 0.3) is 5.91 Å². The lowest BCUT2D eigenvalue weighted by molar-refractivity contribution is -0.146. The summed E-state index contributed by atoms with van der Waals surface area (Å²) >= 11 is 1.21. The fourth-order valence-corrected chi connectivity index (χ4v) is 10.2. The molecule has 1 aromatic carbocycles. The van der Waals surface area contributed by atoms with E-state index in [9.17, 15) is 19.2 Å². The van der Waals surface area contributed by atoms with Crippen LogP contribution in [0, 0.1) is 17.3 Å². The molecule has 15 nitrogen and oxygen atoms in total. The highest BCUT2D eigenvalue weighted by Crippen LogP contribution is 2.42. The predicted molar refractivity (Wildman–Crippen MR) is 244 cm³/mol. The van der Waals surface area contributed by atoms with Gasteiger partial charge in [0.2, 0.25) is 17.7 Å². The van der Waals surface area contributed by atoms with Crippen LogP contribution in [0.5, 0.6) is 0 Å². The maximum absolute atomic E-state index is 14.6. The SMILES string of the molecule is C=CC(=O)N1CC[C@H](C(=O)N(C)[C@H](C(=O)N[C@H]2Cc3nc(ns3)-c3ccc4c(c3)c(c(-c3cncnc3[C@H](C)OC)n4CC)CC(C)(C)C/C=C/[C@@H]3CCCN(N3)C2=O)C(C)C)C1. The molecule has 3 aromatic heterocycles. The summed E-state index contributed by atoms with van der Waals surface area (Å²) in [6.45, 7) is 18.0. The highest BCUT2D eigenvalue weighted by molar-refractivity contribution is 7.05. The summed E-state index contributed by atoms with van der Waals surface area (Å²) in [5.41, 5.74) is 9.24. The minimum atomic E-state index is -0.990. The minimum absolute atomic E-state index is 0.0901. The Balaban J connectivity index is 1.26. The molecule has 336 valence electrons. The predicted octanol–water partition coefficient (Wildman–Crippen LogP) is 5.91. The van der Waals surface area contributed by atoms with Gasteiger partial charge in [-0.25, -0.2) is 20.4 Å². The lowest BCUT2D eigenvalue weighted by Crippen LogP contribution is -2.61. The maximum Gasteiger partial charge on any atom is 0.259 e. The van der Waals surface area contributed by atoms with Gasteiger partial charge in [-0.1, -0.05) is 46.4 Å². The van der Waals surface area contributed by atoms with Crippen LogP contribution in [-0.4, -0.2) is 114 Å². The van der Waals surface area contributed by atoms with Gasteiger partial charge in [0.1, 0.15) is 23.4 Å². The zero-order valence-electron chi connectivity index (χ0n) is 37.9. The number of aryl methyl sites for hydroxylation is 1. The summed E-state index contributed by atoms with van der Waals surface area (Å²) in [6.07, 6.45) is 12.6. The van der Waals surface area contributed by atoms with E-state index in [2.05, 4.69) is 71.9 Å². The van der Waals surface area contributed by atoms with Crippen molar-refractivity contribution < 1.29 is 23.9 Å². The second-order valence-electron chi connectivity index (χ2n) is 18.2. The number of nitrogens with one attached hydrogen (secondary N) is 2. The van der Waals surface area contributed by atoms with E-state index in [1.807, 2.05) is 33.0 Å². The van der Waals surface area contributed by atoms with Gasteiger partial charge < -0.3 is 24.4 Å². The van der Waals surface area contributed by atoms with Gasteiger partial charge in [0.15, 0.2) is 5.82 Å². The van der Waals surface area contributed by atoms with E-state index in [4.69, 9.17) is 19.1 Å². The molecular weight excluding hydrogens is 817 g/mol. The molecule has 5 atom stereocenters. The Morgan fingerprint density at radius 3 is 2.70 bits per heavy atom. The van der Waals surface area contributed by atoms with E-state index >= 15 is 0 Å². The van der Waals surface area contributed by atoms with E-state index in [-0.39, 0.29) is 54.2 Å². The van der Waals surface area contributed by atoms with Crippen molar-refractivity contribution in [1.82, 2.24) is 49.4 Å². The average molecular weight is 879 g/mol. The largest absolute Gasteiger partial charge is 0.375 e. The molecular formula is C47H62N10O5S. The third-order valence-electron chi connectivity index (χ3n) is 12.8. The summed E-state index contributed by atoms with van der Waals surface area (Å²) in [7, 11) is 3.32. The molecule has 3 aliphatic heterocycles. The first-order chi connectivity index (χ1) is 30.1. The molecule has 0 spiro atoms. The number of benzene rings is 1. The molecule has 2 N–H and O–H groups in total. The summed E-state index contributed by atoms with van der Waals surface area (Å²) in [5.74, 6) is -1.32.